The van der Waals surface area contributed by atoms with Crippen molar-refractivity contribution in [2.24, 2.45) is 11.0 Å². The number of hydrogen-bond donors (Lipinski definition) is 0. The minimum Gasteiger partial charge on any atom is -0.466 e. The first-order chi connectivity index (χ1) is 12.5. The predicted octanol–water partition coefficient (Wildman–Crippen LogP) is 5.80. The molecule has 0 bridgehead atoms. The van der Waals surface area contributed by atoms with Crippen LogP contribution in [0.4, 0.5) is 0 Å². The van der Waals surface area contributed by atoms with Gasteiger partial charge in [0.2, 0.25) is 0 Å². The number of rotatable bonds is 1. The molecular formula is C21H23BrN2O2. The second kappa shape index (κ2) is 5.88. The summed E-state index contributed by atoms with van der Waals surface area (Å²) in [6, 6.07) is 10.6. The number of aryl methyl sites for hydroxylation is 1. The van der Waals surface area contributed by atoms with Crippen molar-refractivity contribution in [3.05, 3.63) is 51.9 Å². The number of halogens is 1. The van der Waals surface area contributed by atoms with Crippen LogP contribution in [0.15, 0.2) is 44.3 Å². The molecule has 1 fully saturated rings. The fourth-order valence-electron chi connectivity index (χ4n) is 4.53. The molecule has 0 amide bonds. The van der Waals surface area contributed by atoms with Crippen LogP contribution >= 0.6 is 15.9 Å². The Hall–Kier alpha value is -1.75. The van der Waals surface area contributed by atoms with Crippen LogP contribution in [-0.2, 0) is 0 Å². The standard InChI is InChI=1S/C21H23BrN2O2/c1-13-7-9-21(10-8-13)24-18(16-11-15(22)4-6-19(16)26-21)12-17(23-24)20-5-3-14(2)25-20/h3-6,11,13,18H,7-10,12H2,1-2H3/t13?,18-,21?/m1/s1. The lowest BCUT2D eigenvalue weighted by Crippen LogP contribution is -2.55. The number of nitrogens with zero attached hydrogens (tertiary/aromatic N) is 2. The van der Waals surface area contributed by atoms with E-state index in [1.807, 2.05) is 19.1 Å². The summed E-state index contributed by atoms with van der Waals surface area (Å²) in [6.07, 6.45) is 5.26. The molecule has 2 aromatic rings. The minimum atomic E-state index is -0.318. The van der Waals surface area contributed by atoms with Gasteiger partial charge in [0.15, 0.2) is 5.72 Å². The van der Waals surface area contributed by atoms with Crippen LogP contribution < -0.4 is 4.74 Å². The van der Waals surface area contributed by atoms with Crippen LogP contribution in [-0.4, -0.2) is 16.4 Å². The van der Waals surface area contributed by atoms with E-state index in [0.717, 1.165) is 52.6 Å². The molecule has 0 N–H and O–H groups in total. The van der Waals surface area contributed by atoms with Crippen molar-refractivity contribution in [1.29, 1.82) is 0 Å². The summed E-state index contributed by atoms with van der Waals surface area (Å²) in [5.41, 5.74) is 1.92. The Bertz CT molecular complexity index is 880. The van der Waals surface area contributed by atoms with E-state index >= 15 is 0 Å². The molecular weight excluding hydrogens is 392 g/mol. The van der Waals surface area contributed by atoms with Crippen molar-refractivity contribution in [3.8, 4) is 5.75 Å². The first-order valence-corrected chi connectivity index (χ1v) is 10.3. The Morgan fingerprint density at radius 2 is 2.00 bits per heavy atom. The van der Waals surface area contributed by atoms with E-state index in [1.165, 1.54) is 18.4 Å². The molecule has 1 aliphatic carbocycles. The molecule has 1 aromatic heterocycles. The first-order valence-electron chi connectivity index (χ1n) is 9.46. The van der Waals surface area contributed by atoms with Crippen LogP contribution in [0, 0.1) is 12.8 Å². The summed E-state index contributed by atoms with van der Waals surface area (Å²) >= 11 is 3.62. The third-order valence-corrected chi connectivity index (χ3v) is 6.53. The summed E-state index contributed by atoms with van der Waals surface area (Å²) < 4.78 is 13.6. The number of ether oxygens (including phenoxy) is 1. The number of fused-ring (bicyclic) bond motifs is 4. The topological polar surface area (TPSA) is 38.0 Å². The quantitative estimate of drug-likeness (QED) is 0.591. The zero-order chi connectivity index (χ0) is 17.9. The molecule has 26 heavy (non-hydrogen) atoms. The lowest BCUT2D eigenvalue weighted by atomic mass is 9.82. The Morgan fingerprint density at radius 3 is 2.73 bits per heavy atom. The summed E-state index contributed by atoms with van der Waals surface area (Å²) in [6.45, 7) is 4.31. The molecule has 0 unspecified atom stereocenters. The van der Waals surface area contributed by atoms with Crippen molar-refractivity contribution in [1.82, 2.24) is 5.01 Å². The van der Waals surface area contributed by atoms with Gasteiger partial charge in [-0.15, -0.1) is 0 Å². The highest BCUT2D eigenvalue weighted by atomic mass is 79.9. The van der Waals surface area contributed by atoms with Crippen molar-refractivity contribution in [2.45, 2.75) is 57.7 Å². The molecule has 5 rings (SSSR count). The van der Waals surface area contributed by atoms with Crippen LogP contribution in [0.2, 0.25) is 0 Å². The number of furan rings is 1. The van der Waals surface area contributed by atoms with Gasteiger partial charge in [0.1, 0.15) is 23.0 Å². The van der Waals surface area contributed by atoms with Gasteiger partial charge in [0, 0.05) is 29.3 Å². The zero-order valence-corrected chi connectivity index (χ0v) is 16.8. The van der Waals surface area contributed by atoms with Crippen molar-refractivity contribution < 1.29 is 9.15 Å². The van der Waals surface area contributed by atoms with E-state index in [-0.39, 0.29) is 11.8 Å². The van der Waals surface area contributed by atoms with Crippen LogP contribution in [0.25, 0.3) is 0 Å². The maximum Gasteiger partial charge on any atom is 0.198 e. The largest absolute Gasteiger partial charge is 0.466 e. The maximum atomic E-state index is 6.63. The molecule has 136 valence electrons. The zero-order valence-electron chi connectivity index (χ0n) is 15.2. The summed E-state index contributed by atoms with van der Waals surface area (Å²) in [5, 5.41) is 7.29. The average Bonchev–Trinajstić information content (AvgIpc) is 3.25. The van der Waals surface area contributed by atoms with E-state index in [1.54, 1.807) is 0 Å². The van der Waals surface area contributed by atoms with Gasteiger partial charge in [-0.25, -0.2) is 5.01 Å². The lowest BCUT2D eigenvalue weighted by molar-refractivity contribution is -0.145. The smallest absolute Gasteiger partial charge is 0.198 e. The molecule has 0 radical (unpaired) electrons. The summed E-state index contributed by atoms with van der Waals surface area (Å²) in [7, 11) is 0. The van der Waals surface area contributed by atoms with Crippen LogP contribution in [0.5, 0.6) is 5.75 Å². The van der Waals surface area contributed by atoms with E-state index in [9.17, 15) is 0 Å². The third-order valence-electron chi connectivity index (χ3n) is 6.04. The van der Waals surface area contributed by atoms with Gasteiger partial charge in [0.05, 0.1) is 6.04 Å². The van der Waals surface area contributed by atoms with Crippen LogP contribution in [0.1, 0.15) is 62.2 Å². The predicted molar refractivity (Wildman–Crippen MR) is 104 cm³/mol. The second-order valence-corrected chi connectivity index (χ2v) is 8.85. The van der Waals surface area contributed by atoms with Gasteiger partial charge in [-0.3, -0.25) is 0 Å². The monoisotopic (exact) mass is 414 g/mol. The molecule has 3 aliphatic rings. The van der Waals surface area contributed by atoms with Gasteiger partial charge in [-0.1, -0.05) is 22.9 Å². The molecule has 3 heterocycles. The number of benzene rings is 1. The Balaban J connectivity index is 1.59. The first kappa shape index (κ1) is 16.4. The van der Waals surface area contributed by atoms with Gasteiger partial charge >= 0.3 is 0 Å². The second-order valence-electron chi connectivity index (χ2n) is 7.93. The highest BCUT2D eigenvalue weighted by Gasteiger charge is 2.51. The van der Waals surface area contributed by atoms with Gasteiger partial charge in [-0.05, 0) is 56.0 Å². The molecule has 5 heteroatoms. The molecule has 1 atom stereocenters. The minimum absolute atomic E-state index is 0.213. The SMILES string of the molecule is Cc1ccc(C2=NN3[C@H](C2)c2cc(Br)ccc2OC32CCC(C)CC2)o1. The molecule has 2 aliphatic heterocycles. The Kier molecular flexibility index (Phi) is 3.71. The Morgan fingerprint density at radius 1 is 1.19 bits per heavy atom. The summed E-state index contributed by atoms with van der Waals surface area (Å²) in [5.74, 6) is 3.57. The highest BCUT2D eigenvalue weighted by Crippen LogP contribution is 2.52. The third kappa shape index (κ3) is 2.51. The number of hydrazone groups is 1. The van der Waals surface area contributed by atoms with Crippen molar-refractivity contribution in [2.75, 3.05) is 0 Å². The van der Waals surface area contributed by atoms with Crippen LogP contribution in [0.3, 0.4) is 0 Å². The molecule has 4 nitrogen and oxygen atoms in total. The maximum absolute atomic E-state index is 6.63. The van der Waals surface area contributed by atoms with Crippen molar-refractivity contribution in [3.63, 3.8) is 0 Å². The molecule has 1 aromatic carbocycles. The van der Waals surface area contributed by atoms with E-state index < -0.39 is 0 Å². The molecule has 1 saturated carbocycles. The van der Waals surface area contributed by atoms with Gasteiger partial charge in [-0.2, -0.15) is 5.10 Å². The van der Waals surface area contributed by atoms with E-state index in [4.69, 9.17) is 14.3 Å². The fraction of sp³-hybridized carbons (Fsp3) is 0.476. The van der Waals surface area contributed by atoms with Gasteiger partial charge < -0.3 is 9.15 Å². The summed E-state index contributed by atoms with van der Waals surface area (Å²) in [4.78, 5) is 0. The number of hydrogen-bond acceptors (Lipinski definition) is 4. The van der Waals surface area contributed by atoms with Gasteiger partial charge in [0.25, 0.3) is 0 Å². The normalized spacial score (nSPS) is 30.0. The average molecular weight is 415 g/mol. The lowest BCUT2D eigenvalue weighted by Gasteiger charge is -2.50. The Labute approximate surface area is 162 Å². The van der Waals surface area contributed by atoms with Crippen molar-refractivity contribution >= 4 is 21.6 Å². The van der Waals surface area contributed by atoms with E-state index in [2.05, 4.69) is 46.1 Å². The molecule has 0 saturated heterocycles. The fourth-order valence-corrected chi connectivity index (χ4v) is 4.91. The highest BCUT2D eigenvalue weighted by molar-refractivity contribution is 9.10. The van der Waals surface area contributed by atoms with E-state index in [0.29, 0.717) is 0 Å². The molecule has 1 spiro atoms.